The second kappa shape index (κ2) is 6.20. The van der Waals surface area contributed by atoms with Gasteiger partial charge in [0.15, 0.2) is 0 Å². The molecule has 0 aliphatic rings. The Kier molecular flexibility index (Phi) is 4.91. The van der Waals surface area contributed by atoms with Crippen molar-refractivity contribution in [1.29, 1.82) is 0 Å². The molecule has 3 N–H and O–H groups in total. The highest BCUT2D eigenvalue weighted by Gasteiger charge is 2.15. The van der Waals surface area contributed by atoms with E-state index in [2.05, 4.69) is 9.97 Å². The number of hydrogen-bond donors (Lipinski definition) is 2. The number of nitrogens with zero attached hydrogens (tertiary/aromatic N) is 3. The van der Waals surface area contributed by atoms with Gasteiger partial charge in [-0.15, -0.1) is 0 Å². The summed E-state index contributed by atoms with van der Waals surface area (Å²) in [6, 6.07) is 0. The predicted molar refractivity (Wildman–Crippen MR) is 71.4 cm³/mol. The lowest BCUT2D eigenvalue weighted by Gasteiger charge is -2.05. The third-order valence-electron chi connectivity index (χ3n) is 2.33. The first-order chi connectivity index (χ1) is 8.67. The van der Waals surface area contributed by atoms with Crippen molar-refractivity contribution in [2.45, 2.75) is 27.4 Å². The number of rotatable bonds is 3. The molecule has 2 aromatic rings. The van der Waals surface area contributed by atoms with Gasteiger partial charge in [0.05, 0.1) is 18.6 Å². The second-order valence-electron chi connectivity index (χ2n) is 3.44. The lowest BCUT2D eigenvalue weighted by molar-refractivity contribution is 0.282. The molecule has 0 spiro atoms. The van der Waals surface area contributed by atoms with Crippen molar-refractivity contribution in [3.63, 3.8) is 0 Å². The zero-order chi connectivity index (χ0) is 13.7. The van der Waals surface area contributed by atoms with Crippen molar-refractivity contribution >= 4 is 17.0 Å². The van der Waals surface area contributed by atoms with Gasteiger partial charge < -0.3 is 20.1 Å². The first kappa shape index (κ1) is 14.2. The van der Waals surface area contributed by atoms with E-state index in [9.17, 15) is 5.11 Å². The van der Waals surface area contributed by atoms with Gasteiger partial charge in [0.1, 0.15) is 5.65 Å². The van der Waals surface area contributed by atoms with Crippen LogP contribution in [0.25, 0.3) is 11.0 Å². The Morgan fingerprint density at radius 2 is 2.06 bits per heavy atom. The fourth-order valence-corrected chi connectivity index (χ4v) is 1.70. The number of ether oxygens (including phenoxy) is 1. The van der Waals surface area contributed by atoms with Gasteiger partial charge in [0.2, 0.25) is 11.8 Å². The smallest absolute Gasteiger partial charge is 0.228 e. The van der Waals surface area contributed by atoms with Gasteiger partial charge >= 0.3 is 0 Å². The molecule has 0 fully saturated rings. The monoisotopic (exact) mass is 252 g/mol. The van der Waals surface area contributed by atoms with E-state index in [1.165, 1.54) is 0 Å². The highest BCUT2D eigenvalue weighted by molar-refractivity contribution is 5.86. The van der Waals surface area contributed by atoms with E-state index in [-0.39, 0.29) is 12.6 Å². The van der Waals surface area contributed by atoms with Crippen LogP contribution < -0.4 is 10.5 Å². The third-order valence-corrected chi connectivity index (χ3v) is 2.33. The standard InChI is InChI=1S/C10H14N4O2.C2H6/c1-3-16-9-7-6(5-15)4-14(2)8(7)12-10(11)13-9;1-2/h4,15H,3,5H2,1-2H3,(H2,11,12,13);1-2H3. The molecule has 0 saturated heterocycles. The largest absolute Gasteiger partial charge is 0.477 e. The van der Waals surface area contributed by atoms with Crippen molar-refractivity contribution in [1.82, 2.24) is 14.5 Å². The molecule has 0 atom stereocenters. The van der Waals surface area contributed by atoms with Crippen LogP contribution >= 0.6 is 0 Å². The Bertz CT molecular complexity index is 522. The minimum Gasteiger partial charge on any atom is -0.477 e. The van der Waals surface area contributed by atoms with Crippen LogP contribution in [0, 0.1) is 0 Å². The van der Waals surface area contributed by atoms with E-state index in [1.807, 2.05) is 27.8 Å². The van der Waals surface area contributed by atoms with Gasteiger partial charge in [-0.3, -0.25) is 0 Å². The van der Waals surface area contributed by atoms with Crippen LogP contribution in [0.3, 0.4) is 0 Å². The van der Waals surface area contributed by atoms with Gasteiger partial charge in [-0.25, -0.2) is 0 Å². The first-order valence-electron chi connectivity index (χ1n) is 6.02. The van der Waals surface area contributed by atoms with Crippen LogP contribution in [0.5, 0.6) is 5.88 Å². The molecular weight excluding hydrogens is 232 g/mol. The molecule has 2 aromatic heterocycles. The molecule has 0 radical (unpaired) electrons. The van der Waals surface area contributed by atoms with E-state index in [0.29, 0.717) is 18.1 Å². The minimum absolute atomic E-state index is 0.0787. The van der Waals surface area contributed by atoms with Crippen molar-refractivity contribution in [2.24, 2.45) is 7.05 Å². The summed E-state index contributed by atoms with van der Waals surface area (Å²) >= 11 is 0. The number of aliphatic hydroxyl groups is 1. The summed E-state index contributed by atoms with van der Waals surface area (Å²) in [5, 5.41) is 9.98. The predicted octanol–water partition coefficient (Wildman–Crippen LogP) is 1.47. The van der Waals surface area contributed by atoms with Gasteiger partial charge in [-0.2, -0.15) is 9.97 Å². The number of nitrogens with two attached hydrogens (primary N) is 1. The summed E-state index contributed by atoms with van der Waals surface area (Å²) in [5.41, 5.74) is 7.00. The van der Waals surface area contributed by atoms with Crippen LogP contribution in [0.1, 0.15) is 26.3 Å². The molecule has 2 heterocycles. The number of aliphatic hydroxyl groups excluding tert-OH is 1. The van der Waals surface area contributed by atoms with E-state index < -0.39 is 0 Å². The molecule has 2 rings (SSSR count). The Hall–Kier alpha value is -1.82. The molecule has 0 bridgehead atoms. The summed E-state index contributed by atoms with van der Waals surface area (Å²) in [6.07, 6.45) is 1.79. The molecule has 0 aliphatic carbocycles. The second-order valence-corrected chi connectivity index (χ2v) is 3.44. The maximum absolute atomic E-state index is 9.26. The lowest BCUT2D eigenvalue weighted by atomic mass is 10.2. The van der Waals surface area contributed by atoms with Crippen molar-refractivity contribution in [3.8, 4) is 5.88 Å². The Morgan fingerprint density at radius 1 is 1.39 bits per heavy atom. The van der Waals surface area contributed by atoms with Crippen LogP contribution in [0.2, 0.25) is 0 Å². The summed E-state index contributed by atoms with van der Waals surface area (Å²) in [4.78, 5) is 8.16. The lowest BCUT2D eigenvalue weighted by Crippen LogP contribution is -2.02. The molecule has 6 nitrogen and oxygen atoms in total. The SMILES string of the molecule is CC.CCOc1nc(N)nc2c1c(CO)cn2C. The first-order valence-corrected chi connectivity index (χ1v) is 6.02. The summed E-state index contributed by atoms with van der Waals surface area (Å²) in [6.45, 7) is 6.28. The van der Waals surface area contributed by atoms with Crippen LogP contribution in [0.4, 0.5) is 5.95 Å². The highest BCUT2D eigenvalue weighted by Crippen LogP contribution is 2.28. The zero-order valence-corrected chi connectivity index (χ0v) is 11.3. The number of fused-ring (bicyclic) bond motifs is 1. The normalized spacial score (nSPS) is 10.1. The van der Waals surface area contributed by atoms with Gasteiger partial charge in [0.25, 0.3) is 0 Å². The van der Waals surface area contributed by atoms with Crippen molar-refractivity contribution in [2.75, 3.05) is 12.3 Å². The molecule has 0 aliphatic heterocycles. The van der Waals surface area contributed by atoms with Gasteiger partial charge in [-0.05, 0) is 6.92 Å². The zero-order valence-electron chi connectivity index (χ0n) is 11.3. The fraction of sp³-hybridized carbons (Fsp3) is 0.500. The maximum atomic E-state index is 9.26. The van der Waals surface area contributed by atoms with Crippen LogP contribution in [-0.2, 0) is 13.7 Å². The summed E-state index contributed by atoms with van der Waals surface area (Å²) in [7, 11) is 1.84. The highest BCUT2D eigenvalue weighted by atomic mass is 16.5. The van der Waals surface area contributed by atoms with E-state index in [4.69, 9.17) is 10.5 Å². The summed E-state index contributed by atoms with van der Waals surface area (Å²) in [5.74, 6) is 0.594. The topological polar surface area (TPSA) is 86.2 Å². The number of hydrogen-bond acceptors (Lipinski definition) is 5. The Labute approximate surface area is 106 Å². The van der Waals surface area contributed by atoms with Crippen molar-refractivity contribution < 1.29 is 9.84 Å². The van der Waals surface area contributed by atoms with Crippen molar-refractivity contribution in [3.05, 3.63) is 11.8 Å². The average molecular weight is 252 g/mol. The minimum atomic E-state index is -0.0787. The molecule has 0 aromatic carbocycles. The van der Waals surface area contributed by atoms with E-state index in [0.717, 1.165) is 10.9 Å². The fourth-order valence-electron chi connectivity index (χ4n) is 1.70. The Balaban J connectivity index is 0.000000771. The van der Waals surface area contributed by atoms with E-state index in [1.54, 1.807) is 10.8 Å². The number of anilines is 1. The number of nitrogen functional groups attached to an aromatic ring is 1. The van der Waals surface area contributed by atoms with Gasteiger partial charge in [0, 0.05) is 18.8 Å². The molecule has 6 heteroatoms. The molecule has 18 heavy (non-hydrogen) atoms. The number of aromatic nitrogens is 3. The van der Waals surface area contributed by atoms with Crippen LogP contribution in [0.15, 0.2) is 6.20 Å². The number of aryl methyl sites for hydroxylation is 1. The Morgan fingerprint density at radius 3 is 2.61 bits per heavy atom. The molecule has 0 saturated carbocycles. The maximum Gasteiger partial charge on any atom is 0.228 e. The van der Waals surface area contributed by atoms with Gasteiger partial charge in [-0.1, -0.05) is 13.8 Å². The molecule has 100 valence electrons. The molecular formula is C12H20N4O2. The third kappa shape index (κ3) is 2.53. The average Bonchev–Trinajstić information content (AvgIpc) is 2.69. The van der Waals surface area contributed by atoms with Crippen LogP contribution in [-0.4, -0.2) is 26.2 Å². The van der Waals surface area contributed by atoms with E-state index >= 15 is 0 Å². The molecule has 0 unspecified atom stereocenters. The summed E-state index contributed by atoms with van der Waals surface area (Å²) < 4.78 is 7.19. The quantitative estimate of drug-likeness (QED) is 0.863. The molecule has 0 amide bonds.